The molecule has 0 amide bonds. The lowest BCUT2D eigenvalue weighted by Crippen LogP contribution is -2.35. The Hall–Kier alpha value is 0.160. The molecule has 0 rings (SSSR count). The highest BCUT2D eigenvalue weighted by atomic mass is 127. The minimum absolute atomic E-state index is 0.146. The van der Waals surface area contributed by atoms with Crippen molar-refractivity contribution in [2.24, 2.45) is 11.7 Å². The maximum Gasteiger partial charge on any atom is 0.332 e. The van der Waals surface area contributed by atoms with Crippen LogP contribution in [0.1, 0.15) is 13.8 Å². The summed E-state index contributed by atoms with van der Waals surface area (Å²) in [6, 6.07) is -0.484. The van der Waals surface area contributed by atoms with Crippen molar-refractivity contribution in [2.75, 3.05) is 0 Å². The van der Waals surface area contributed by atoms with Crippen molar-refractivity contribution in [1.82, 2.24) is 0 Å². The molecular weight excluding hydrogens is 233 g/mol. The lowest BCUT2D eigenvalue weighted by Gasteiger charge is -2.10. The van der Waals surface area contributed by atoms with E-state index in [-0.39, 0.29) is 11.9 Å². The minimum Gasteiger partial charge on any atom is -0.393 e. The van der Waals surface area contributed by atoms with Gasteiger partial charge in [-0.3, -0.25) is 0 Å². The molecular formula is C5H10INO2. The number of carbonyl (C=O) groups excluding carboxylic acids is 1. The van der Waals surface area contributed by atoms with Gasteiger partial charge in [0.15, 0.2) is 23.0 Å². The van der Waals surface area contributed by atoms with Gasteiger partial charge >= 0.3 is 5.97 Å². The molecule has 0 aromatic carbocycles. The highest BCUT2D eigenvalue weighted by molar-refractivity contribution is 14.1. The largest absolute Gasteiger partial charge is 0.393 e. The molecule has 3 nitrogen and oxygen atoms in total. The van der Waals surface area contributed by atoms with Gasteiger partial charge in [0.1, 0.15) is 6.04 Å². The lowest BCUT2D eigenvalue weighted by molar-refractivity contribution is -0.133. The van der Waals surface area contributed by atoms with Crippen LogP contribution in [0.3, 0.4) is 0 Å². The summed E-state index contributed by atoms with van der Waals surface area (Å²) in [7, 11) is 0. The Morgan fingerprint density at radius 3 is 2.22 bits per heavy atom. The van der Waals surface area contributed by atoms with Crippen LogP contribution in [0, 0.1) is 5.92 Å². The van der Waals surface area contributed by atoms with E-state index in [0.29, 0.717) is 0 Å². The minimum atomic E-state index is -0.484. The van der Waals surface area contributed by atoms with Gasteiger partial charge in [0.2, 0.25) is 0 Å². The summed E-state index contributed by atoms with van der Waals surface area (Å²) in [4.78, 5) is 10.6. The summed E-state index contributed by atoms with van der Waals surface area (Å²) in [5.41, 5.74) is 5.39. The molecule has 0 saturated heterocycles. The third-order valence-electron chi connectivity index (χ3n) is 1.07. The van der Waals surface area contributed by atoms with Gasteiger partial charge in [0, 0.05) is 0 Å². The highest BCUT2D eigenvalue weighted by Gasteiger charge is 2.17. The summed E-state index contributed by atoms with van der Waals surface area (Å²) >= 11 is 1.53. The Balaban J connectivity index is 3.72. The first-order valence-electron chi connectivity index (χ1n) is 2.67. The topological polar surface area (TPSA) is 52.3 Å². The maximum atomic E-state index is 10.6. The van der Waals surface area contributed by atoms with Crippen molar-refractivity contribution in [2.45, 2.75) is 19.9 Å². The zero-order valence-electron chi connectivity index (χ0n) is 5.43. The standard InChI is InChI=1S/C5H10INO2/c1-3(2)4(7)5(8)9-6/h3-4H,7H2,1-2H3. The Kier molecular flexibility index (Phi) is 4.12. The molecule has 0 saturated carbocycles. The Morgan fingerprint density at radius 1 is 1.67 bits per heavy atom. The predicted molar refractivity (Wildman–Crippen MR) is 42.9 cm³/mol. The van der Waals surface area contributed by atoms with E-state index in [9.17, 15) is 4.79 Å². The van der Waals surface area contributed by atoms with E-state index in [1.54, 1.807) is 0 Å². The molecule has 0 aliphatic heterocycles. The van der Waals surface area contributed by atoms with Crippen molar-refractivity contribution >= 4 is 29.0 Å². The second-order valence-corrected chi connectivity index (χ2v) is 2.61. The van der Waals surface area contributed by atoms with Crippen LogP contribution in [0.25, 0.3) is 0 Å². The summed E-state index contributed by atoms with van der Waals surface area (Å²) in [5, 5.41) is 0. The van der Waals surface area contributed by atoms with E-state index in [4.69, 9.17) is 5.73 Å². The number of rotatable bonds is 2. The second kappa shape index (κ2) is 4.05. The average molecular weight is 243 g/mol. The normalized spacial score (nSPS) is 13.4. The van der Waals surface area contributed by atoms with Crippen molar-refractivity contribution in [3.05, 3.63) is 0 Å². The van der Waals surface area contributed by atoms with E-state index in [1.165, 1.54) is 23.0 Å². The lowest BCUT2D eigenvalue weighted by atomic mass is 10.1. The zero-order chi connectivity index (χ0) is 7.44. The first kappa shape index (κ1) is 9.16. The molecule has 0 aromatic heterocycles. The van der Waals surface area contributed by atoms with Gasteiger partial charge in [-0.05, 0) is 5.92 Å². The molecule has 2 N–H and O–H groups in total. The van der Waals surface area contributed by atoms with Gasteiger partial charge in [0.25, 0.3) is 0 Å². The van der Waals surface area contributed by atoms with Crippen LogP contribution in [0.2, 0.25) is 0 Å². The van der Waals surface area contributed by atoms with Gasteiger partial charge in [-0.2, -0.15) is 0 Å². The summed E-state index contributed by atoms with van der Waals surface area (Å²) in [6.07, 6.45) is 0. The number of halogens is 1. The Bertz CT molecular complexity index is 105. The third-order valence-corrected chi connectivity index (χ3v) is 1.50. The van der Waals surface area contributed by atoms with Gasteiger partial charge in [-0.1, -0.05) is 13.8 Å². The number of carbonyl (C=O) groups is 1. The molecule has 9 heavy (non-hydrogen) atoms. The van der Waals surface area contributed by atoms with Gasteiger partial charge in [-0.25, -0.2) is 4.79 Å². The molecule has 1 unspecified atom stereocenters. The molecule has 0 heterocycles. The number of hydrogen-bond donors (Lipinski definition) is 1. The van der Waals surface area contributed by atoms with E-state index >= 15 is 0 Å². The monoisotopic (exact) mass is 243 g/mol. The van der Waals surface area contributed by atoms with Crippen LogP contribution in [-0.2, 0) is 7.86 Å². The maximum absolute atomic E-state index is 10.6. The SMILES string of the molecule is CC(C)C(N)C(=O)OI. The first-order valence-corrected chi connectivity index (χ1v) is 3.55. The molecule has 1 atom stereocenters. The smallest absolute Gasteiger partial charge is 0.332 e. The number of nitrogens with two attached hydrogens (primary N) is 1. The van der Waals surface area contributed by atoms with Gasteiger partial charge < -0.3 is 8.80 Å². The van der Waals surface area contributed by atoms with Crippen molar-refractivity contribution in [3.8, 4) is 0 Å². The summed E-state index contributed by atoms with van der Waals surface area (Å²) in [6.45, 7) is 3.75. The van der Waals surface area contributed by atoms with Crippen molar-refractivity contribution in [1.29, 1.82) is 0 Å². The van der Waals surface area contributed by atoms with Gasteiger partial charge in [-0.15, -0.1) is 0 Å². The van der Waals surface area contributed by atoms with E-state index < -0.39 is 6.04 Å². The number of hydrogen-bond acceptors (Lipinski definition) is 3. The van der Waals surface area contributed by atoms with Crippen LogP contribution in [0.4, 0.5) is 0 Å². The highest BCUT2D eigenvalue weighted by Crippen LogP contribution is 2.02. The van der Waals surface area contributed by atoms with E-state index in [2.05, 4.69) is 3.07 Å². The van der Waals surface area contributed by atoms with Crippen molar-refractivity contribution in [3.63, 3.8) is 0 Å². The second-order valence-electron chi connectivity index (χ2n) is 2.17. The Labute approximate surface area is 68.6 Å². The summed E-state index contributed by atoms with van der Waals surface area (Å²) in [5.74, 6) is -0.210. The molecule has 0 bridgehead atoms. The fourth-order valence-electron chi connectivity index (χ4n) is 0.324. The van der Waals surface area contributed by atoms with Crippen LogP contribution in [0.15, 0.2) is 0 Å². The molecule has 0 radical (unpaired) electrons. The van der Waals surface area contributed by atoms with Gasteiger partial charge in [0.05, 0.1) is 0 Å². The van der Waals surface area contributed by atoms with Crippen LogP contribution in [0.5, 0.6) is 0 Å². The van der Waals surface area contributed by atoms with Crippen LogP contribution in [-0.4, -0.2) is 12.0 Å². The average Bonchev–Trinajstić information content (AvgIpc) is 1.84. The molecule has 0 spiro atoms. The van der Waals surface area contributed by atoms with Crippen LogP contribution >= 0.6 is 23.0 Å². The third kappa shape index (κ3) is 3.00. The zero-order valence-corrected chi connectivity index (χ0v) is 7.58. The molecule has 0 aliphatic carbocycles. The molecule has 4 heteroatoms. The van der Waals surface area contributed by atoms with E-state index in [1.807, 2.05) is 13.8 Å². The summed E-state index contributed by atoms with van der Waals surface area (Å²) < 4.78 is 4.38. The van der Waals surface area contributed by atoms with Crippen LogP contribution < -0.4 is 5.73 Å². The van der Waals surface area contributed by atoms with Crippen molar-refractivity contribution < 1.29 is 7.86 Å². The molecule has 0 aromatic rings. The fraction of sp³-hybridized carbons (Fsp3) is 0.800. The predicted octanol–water partition coefficient (Wildman–Crippen LogP) is 0.863. The molecule has 54 valence electrons. The fourth-order valence-corrected chi connectivity index (χ4v) is 0.617. The molecule has 0 aliphatic rings. The quantitative estimate of drug-likeness (QED) is 0.732. The molecule has 0 fully saturated rings. The Morgan fingerprint density at radius 2 is 2.11 bits per heavy atom. The van der Waals surface area contributed by atoms with E-state index in [0.717, 1.165) is 0 Å². The first-order chi connectivity index (χ1) is 4.09.